The zero-order chi connectivity index (χ0) is 19.8. The molecule has 0 aliphatic carbocycles. The van der Waals surface area contributed by atoms with E-state index in [-0.39, 0.29) is 5.97 Å². The number of para-hydroxylation sites is 1. The lowest BCUT2D eigenvalue weighted by molar-refractivity contribution is -0.140. The van der Waals surface area contributed by atoms with Gasteiger partial charge in [-0.05, 0) is 50.5 Å². The molecule has 28 heavy (non-hydrogen) atoms. The topological polar surface area (TPSA) is 62.6 Å². The average molecular weight is 382 g/mol. The molecule has 6 heteroatoms. The first kappa shape index (κ1) is 19.7. The molecule has 0 radical (unpaired) electrons. The summed E-state index contributed by atoms with van der Waals surface area (Å²) in [6.07, 6.45) is 3.08. The number of esters is 1. The number of aromatic nitrogens is 2. The number of carbonyl (C=O) groups is 1. The van der Waals surface area contributed by atoms with Crippen molar-refractivity contribution in [1.29, 1.82) is 0 Å². The molecule has 0 aliphatic heterocycles. The highest BCUT2D eigenvalue weighted by molar-refractivity contribution is 5.80. The Morgan fingerprint density at radius 3 is 2.61 bits per heavy atom. The van der Waals surface area contributed by atoms with Crippen LogP contribution in [0.4, 0.5) is 0 Å². The molecule has 148 valence electrons. The Hall–Kier alpha value is -3.02. The Kier molecular flexibility index (Phi) is 6.89. The number of rotatable bonds is 10. The molecular formula is C22H26N2O4. The van der Waals surface area contributed by atoms with E-state index in [2.05, 4.69) is 9.72 Å². The van der Waals surface area contributed by atoms with Crippen molar-refractivity contribution in [2.75, 3.05) is 20.3 Å². The third-order valence-electron chi connectivity index (χ3n) is 4.40. The van der Waals surface area contributed by atoms with Crippen LogP contribution in [0.3, 0.4) is 0 Å². The van der Waals surface area contributed by atoms with Crippen LogP contribution >= 0.6 is 0 Å². The standard InChI is InChI=1S/C22H26N2O4/c1-3-27-22-23-19-14-13-18(28-15-9-5-8-12-21(25)26-2)16-20(19)24(22)17-10-6-4-7-11-17/h4,6-7,10-11,13-14,16H,3,5,8-9,12,15H2,1-2H3. The molecule has 6 nitrogen and oxygen atoms in total. The fraction of sp³-hybridized carbons (Fsp3) is 0.364. The highest BCUT2D eigenvalue weighted by Crippen LogP contribution is 2.29. The summed E-state index contributed by atoms with van der Waals surface area (Å²) in [5.74, 6) is 0.631. The summed E-state index contributed by atoms with van der Waals surface area (Å²) in [6, 6.07) is 16.5. The first-order valence-electron chi connectivity index (χ1n) is 9.63. The van der Waals surface area contributed by atoms with Crippen molar-refractivity contribution >= 4 is 17.0 Å². The summed E-state index contributed by atoms with van der Waals surface area (Å²) >= 11 is 0. The number of benzene rings is 2. The van der Waals surface area contributed by atoms with Crippen molar-refractivity contribution in [3.8, 4) is 17.4 Å². The summed E-state index contributed by atoms with van der Waals surface area (Å²) in [5.41, 5.74) is 2.80. The van der Waals surface area contributed by atoms with Crippen LogP contribution in [0.2, 0.25) is 0 Å². The monoisotopic (exact) mass is 382 g/mol. The molecule has 0 bridgehead atoms. The van der Waals surface area contributed by atoms with E-state index in [1.807, 2.05) is 60.0 Å². The Morgan fingerprint density at radius 2 is 1.86 bits per heavy atom. The zero-order valence-electron chi connectivity index (χ0n) is 16.4. The highest BCUT2D eigenvalue weighted by atomic mass is 16.5. The van der Waals surface area contributed by atoms with Gasteiger partial charge in [-0.2, -0.15) is 4.98 Å². The Labute approximate surface area is 165 Å². The van der Waals surface area contributed by atoms with Crippen LogP contribution in [0.1, 0.15) is 32.6 Å². The maximum absolute atomic E-state index is 11.1. The molecule has 0 aliphatic rings. The van der Waals surface area contributed by atoms with Crippen molar-refractivity contribution in [3.63, 3.8) is 0 Å². The second kappa shape index (κ2) is 9.78. The van der Waals surface area contributed by atoms with Crippen LogP contribution in [0, 0.1) is 0 Å². The molecule has 0 saturated heterocycles. The van der Waals surface area contributed by atoms with E-state index in [9.17, 15) is 4.79 Å². The fourth-order valence-electron chi connectivity index (χ4n) is 3.02. The normalized spacial score (nSPS) is 10.8. The first-order chi connectivity index (χ1) is 13.7. The lowest BCUT2D eigenvalue weighted by Gasteiger charge is -2.10. The third-order valence-corrected chi connectivity index (χ3v) is 4.40. The molecule has 3 aromatic rings. The van der Waals surface area contributed by atoms with E-state index < -0.39 is 0 Å². The van der Waals surface area contributed by atoms with E-state index in [0.29, 0.717) is 25.6 Å². The number of imidazole rings is 1. The zero-order valence-corrected chi connectivity index (χ0v) is 16.4. The quantitative estimate of drug-likeness (QED) is 0.381. The number of nitrogens with zero attached hydrogens (tertiary/aromatic N) is 2. The number of unbranched alkanes of at least 4 members (excludes halogenated alkanes) is 2. The maximum atomic E-state index is 11.1. The number of hydrogen-bond acceptors (Lipinski definition) is 5. The summed E-state index contributed by atoms with van der Waals surface area (Å²) in [7, 11) is 1.42. The van der Waals surface area contributed by atoms with Crippen LogP contribution in [-0.4, -0.2) is 35.8 Å². The van der Waals surface area contributed by atoms with E-state index in [1.165, 1.54) is 7.11 Å². The van der Waals surface area contributed by atoms with Crippen molar-refractivity contribution in [1.82, 2.24) is 9.55 Å². The Morgan fingerprint density at radius 1 is 1.04 bits per heavy atom. The van der Waals surface area contributed by atoms with Gasteiger partial charge in [-0.25, -0.2) is 0 Å². The average Bonchev–Trinajstić information content (AvgIpc) is 3.08. The molecule has 1 heterocycles. The molecule has 2 aromatic carbocycles. The Bertz CT molecular complexity index is 906. The number of ether oxygens (including phenoxy) is 3. The smallest absolute Gasteiger partial charge is 0.305 e. The van der Waals surface area contributed by atoms with Gasteiger partial charge in [-0.15, -0.1) is 0 Å². The molecule has 3 rings (SSSR count). The van der Waals surface area contributed by atoms with Crippen LogP contribution in [0.25, 0.3) is 16.7 Å². The predicted octanol–water partition coefficient (Wildman–Crippen LogP) is 4.54. The molecule has 0 unspecified atom stereocenters. The molecule has 0 saturated carbocycles. The minimum absolute atomic E-state index is 0.161. The number of fused-ring (bicyclic) bond motifs is 1. The third kappa shape index (κ3) is 4.82. The summed E-state index contributed by atoms with van der Waals surface area (Å²) in [6.45, 7) is 3.10. The van der Waals surface area contributed by atoms with Gasteiger partial charge in [0.1, 0.15) is 5.75 Å². The van der Waals surface area contributed by atoms with Crippen LogP contribution < -0.4 is 9.47 Å². The second-order valence-corrected chi connectivity index (χ2v) is 6.38. The van der Waals surface area contributed by atoms with Crippen LogP contribution in [-0.2, 0) is 9.53 Å². The molecule has 0 fully saturated rings. The minimum atomic E-state index is -0.161. The van der Waals surface area contributed by atoms with E-state index in [4.69, 9.17) is 9.47 Å². The SMILES string of the molecule is CCOc1nc2ccc(OCCCCCC(=O)OC)cc2n1-c1ccccc1. The van der Waals surface area contributed by atoms with Gasteiger partial charge in [-0.3, -0.25) is 9.36 Å². The fourth-order valence-corrected chi connectivity index (χ4v) is 3.02. The van der Waals surface area contributed by atoms with Gasteiger partial charge in [0.2, 0.25) is 0 Å². The van der Waals surface area contributed by atoms with Gasteiger partial charge in [0.25, 0.3) is 0 Å². The second-order valence-electron chi connectivity index (χ2n) is 6.38. The van der Waals surface area contributed by atoms with Gasteiger partial charge in [0.05, 0.1) is 37.0 Å². The Balaban J connectivity index is 1.71. The number of carbonyl (C=O) groups excluding carboxylic acids is 1. The summed E-state index contributed by atoms with van der Waals surface area (Å²) in [4.78, 5) is 15.7. The molecule has 1 aromatic heterocycles. The summed E-state index contributed by atoms with van der Waals surface area (Å²) in [5, 5.41) is 0. The van der Waals surface area contributed by atoms with Gasteiger partial charge < -0.3 is 14.2 Å². The van der Waals surface area contributed by atoms with Gasteiger partial charge >= 0.3 is 12.0 Å². The van der Waals surface area contributed by atoms with Gasteiger partial charge in [0, 0.05) is 12.5 Å². The molecule has 0 amide bonds. The van der Waals surface area contributed by atoms with Crippen LogP contribution in [0.15, 0.2) is 48.5 Å². The molecular weight excluding hydrogens is 356 g/mol. The lowest BCUT2D eigenvalue weighted by Crippen LogP contribution is -2.02. The molecule has 0 N–H and O–H groups in total. The minimum Gasteiger partial charge on any atom is -0.494 e. The van der Waals surface area contributed by atoms with E-state index in [1.54, 1.807) is 0 Å². The number of methoxy groups -OCH3 is 1. The molecule has 0 atom stereocenters. The van der Waals surface area contributed by atoms with Crippen molar-refractivity contribution in [3.05, 3.63) is 48.5 Å². The predicted molar refractivity (Wildman–Crippen MR) is 108 cm³/mol. The van der Waals surface area contributed by atoms with Gasteiger partial charge in [0.15, 0.2) is 0 Å². The lowest BCUT2D eigenvalue weighted by atomic mass is 10.2. The van der Waals surface area contributed by atoms with E-state index in [0.717, 1.165) is 41.7 Å². The van der Waals surface area contributed by atoms with E-state index >= 15 is 0 Å². The number of hydrogen-bond donors (Lipinski definition) is 0. The first-order valence-corrected chi connectivity index (χ1v) is 9.63. The van der Waals surface area contributed by atoms with Gasteiger partial charge in [-0.1, -0.05) is 18.2 Å². The van der Waals surface area contributed by atoms with Crippen LogP contribution in [0.5, 0.6) is 11.8 Å². The van der Waals surface area contributed by atoms with Crippen molar-refractivity contribution < 1.29 is 19.0 Å². The van der Waals surface area contributed by atoms with Crippen molar-refractivity contribution in [2.45, 2.75) is 32.6 Å². The summed E-state index contributed by atoms with van der Waals surface area (Å²) < 4.78 is 18.3. The highest BCUT2D eigenvalue weighted by Gasteiger charge is 2.14. The maximum Gasteiger partial charge on any atom is 0.305 e. The van der Waals surface area contributed by atoms with Crippen molar-refractivity contribution in [2.24, 2.45) is 0 Å². The molecule has 0 spiro atoms. The largest absolute Gasteiger partial charge is 0.494 e.